The molecule has 170 valence electrons. The molecule has 1 N–H and O–H groups in total. The number of aromatic nitrogens is 4. The maximum atomic E-state index is 13.2. The van der Waals surface area contributed by atoms with Gasteiger partial charge in [0, 0.05) is 24.5 Å². The fraction of sp³-hybridized carbons (Fsp3) is 0.280. The molecule has 0 aliphatic rings. The van der Waals surface area contributed by atoms with Crippen LogP contribution in [0.4, 0.5) is 5.69 Å². The summed E-state index contributed by atoms with van der Waals surface area (Å²) in [5.41, 5.74) is 4.51. The van der Waals surface area contributed by atoms with Gasteiger partial charge in [0.25, 0.3) is 5.56 Å². The second-order valence-corrected chi connectivity index (χ2v) is 9.02. The van der Waals surface area contributed by atoms with E-state index < -0.39 is 0 Å². The molecule has 2 heterocycles. The van der Waals surface area contributed by atoms with Crippen molar-refractivity contribution in [1.82, 2.24) is 19.3 Å². The van der Waals surface area contributed by atoms with E-state index in [0.29, 0.717) is 29.1 Å². The third kappa shape index (κ3) is 5.51. The van der Waals surface area contributed by atoms with Crippen LogP contribution in [0.25, 0.3) is 10.9 Å². The van der Waals surface area contributed by atoms with Gasteiger partial charge in [-0.3, -0.25) is 18.8 Å². The normalized spacial score (nSPS) is 11.1. The summed E-state index contributed by atoms with van der Waals surface area (Å²) in [5.74, 6) is 0.0243. The number of nitrogens with one attached hydrogen (secondary N) is 1. The van der Waals surface area contributed by atoms with Gasteiger partial charge in [0.15, 0.2) is 5.16 Å². The summed E-state index contributed by atoms with van der Waals surface area (Å²) in [6.07, 6.45) is 0.727. The number of anilines is 1. The predicted molar refractivity (Wildman–Crippen MR) is 133 cm³/mol. The van der Waals surface area contributed by atoms with E-state index in [1.165, 1.54) is 11.8 Å². The molecule has 0 radical (unpaired) electrons. The van der Waals surface area contributed by atoms with Crippen LogP contribution in [-0.2, 0) is 17.9 Å². The van der Waals surface area contributed by atoms with Crippen molar-refractivity contribution in [3.63, 3.8) is 0 Å². The molecule has 0 bridgehead atoms. The predicted octanol–water partition coefficient (Wildman–Crippen LogP) is 4.34. The van der Waals surface area contributed by atoms with Crippen LogP contribution in [0.5, 0.6) is 0 Å². The van der Waals surface area contributed by atoms with Crippen molar-refractivity contribution < 1.29 is 4.79 Å². The zero-order valence-electron chi connectivity index (χ0n) is 19.0. The summed E-state index contributed by atoms with van der Waals surface area (Å²) in [6, 6.07) is 17.0. The monoisotopic (exact) mass is 461 g/mol. The fourth-order valence-corrected chi connectivity index (χ4v) is 4.52. The van der Waals surface area contributed by atoms with Crippen molar-refractivity contribution in [2.75, 3.05) is 11.1 Å². The second kappa shape index (κ2) is 10.0. The molecule has 2 aromatic heterocycles. The Morgan fingerprint density at radius 1 is 1.03 bits per heavy atom. The van der Waals surface area contributed by atoms with Crippen LogP contribution in [0.1, 0.15) is 23.4 Å². The number of nitrogens with zero attached hydrogens (tertiary/aromatic N) is 4. The number of fused-ring (bicyclic) bond motifs is 1. The second-order valence-electron chi connectivity index (χ2n) is 8.07. The molecule has 0 aliphatic heterocycles. The molecule has 4 aromatic rings. The Kier molecular flexibility index (Phi) is 6.93. The first kappa shape index (κ1) is 22.8. The van der Waals surface area contributed by atoms with Crippen molar-refractivity contribution in [2.45, 2.75) is 45.4 Å². The van der Waals surface area contributed by atoms with Crippen molar-refractivity contribution in [3.05, 3.63) is 81.9 Å². The lowest BCUT2D eigenvalue weighted by Crippen LogP contribution is -2.25. The van der Waals surface area contributed by atoms with Gasteiger partial charge in [-0.1, -0.05) is 41.6 Å². The number of thioether (sulfide) groups is 1. The first-order valence-electron chi connectivity index (χ1n) is 10.9. The van der Waals surface area contributed by atoms with Gasteiger partial charge in [-0.25, -0.2) is 4.98 Å². The molecular formula is C25H27N5O2S. The lowest BCUT2D eigenvalue weighted by atomic mass is 10.2. The standard InChI is InChI=1S/C25H27N5O2S/c1-17-9-11-20(12-10-17)26-23(31)16-33-25-27-22-8-5-4-7-21(22)24(32)29(25)13-6-14-30-19(3)15-18(2)28-30/h4-5,7-12,15H,6,13-14,16H2,1-3H3,(H,26,31). The molecule has 0 spiro atoms. The van der Waals surface area contributed by atoms with E-state index in [1.807, 2.05) is 74.0 Å². The van der Waals surface area contributed by atoms with Gasteiger partial charge >= 0.3 is 0 Å². The van der Waals surface area contributed by atoms with Crippen LogP contribution in [0.3, 0.4) is 0 Å². The van der Waals surface area contributed by atoms with E-state index in [0.717, 1.165) is 29.1 Å². The third-order valence-corrected chi connectivity index (χ3v) is 6.33. The highest BCUT2D eigenvalue weighted by Gasteiger charge is 2.14. The molecule has 0 saturated heterocycles. The number of hydrogen-bond donors (Lipinski definition) is 1. The zero-order chi connectivity index (χ0) is 23.4. The van der Waals surface area contributed by atoms with E-state index in [2.05, 4.69) is 10.4 Å². The Bertz CT molecular complexity index is 1340. The minimum absolute atomic E-state index is 0.0876. The molecule has 1 amide bonds. The van der Waals surface area contributed by atoms with Crippen LogP contribution >= 0.6 is 11.8 Å². The Labute approximate surface area is 196 Å². The SMILES string of the molecule is Cc1ccc(NC(=O)CSc2nc3ccccc3c(=O)n2CCCn2nc(C)cc2C)cc1. The minimum Gasteiger partial charge on any atom is -0.325 e. The van der Waals surface area contributed by atoms with Crippen molar-refractivity contribution in [3.8, 4) is 0 Å². The van der Waals surface area contributed by atoms with Crippen molar-refractivity contribution in [1.29, 1.82) is 0 Å². The average Bonchev–Trinajstić information content (AvgIpc) is 3.12. The van der Waals surface area contributed by atoms with Crippen LogP contribution < -0.4 is 10.9 Å². The van der Waals surface area contributed by atoms with E-state index in [9.17, 15) is 9.59 Å². The average molecular weight is 462 g/mol. The third-order valence-electron chi connectivity index (χ3n) is 5.35. The molecule has 2 aromatic carbocycles. The maximum Gasteiger partial charge on any atom is 0.262 e. The number of carbonyl (C=O) groups is 1. The van der Waals surface area contributed by atoms with Crippen molar-refractivity contribution in [2.24, 2.45) is 0 Å². The smallest absolute Gasteiger partial charge is 0.262 e. The van der Waals surface area contributed by atoms with Gasteiger partial charge in [-0.15, -0.1) is 0 Å². The lowest BCUT2D eigenvalue weighted by Gasteiger charge is -2.13. The first-order chi connectivity index (χ1) is 15.9. The Balaban J connectivity index is 1.51. The van der Waals surface area contributed by atoms with Gasteiger partial charge in [0.2, 0.25) is 5.91 Å². The largest absolute Gasteiger partial charge is 0.325 e. The summed E-state index contributed by atoms with van der Waals surface area (Å²) >= 11 is 1.28. The topological polar surface area (TPSA) is 81.8 Å². The summed E-state index contributed by atoms with van der Waals surface area (Å²) < 4.78 is 3.63. The number of hydrogen-bond acceptors (Lipinski definition) is 5. The molecule has 8 heteroatoms. The number of aryl methyl sites for hydroxylation is 4. The highest BCUT2D eigenvalue weighted by Crippen LogP contribution is 2.19. The lowest BCUT2D eigenvalue weighted by molar-refractivity contribution is -0.113. The summed E-state index contributed by atoms with van der Waals surface area (Å²) in [7, 11) is 0. The van der Waals surface area contributed by atoms with E-state index in [-0.39, 0.29) is 17.2 Å². The number of rotatable bonds is 8. The van der Waals surface area contributed by atoms with Crippen LogP contribution in [0.15, 0.2) is 64.5 Å². The molecule has 33 heavy (non-hydrogen) atoms. The van der Waals surface area contributed by atoms with E-state index in [4.69, 9.17) is 4.98 Å². The molecule has 0 fully saturated rings. The van der Waals surface area contributed by atoms with Gasteiger partial charge in [0.1, 0.15) is 0 Å². The van der Waals surface area contributed by atoms with Gasteiger partial charge in [-0.05, 0) is 57.5 Å². The first-order valence-corrected chi connectivity index (χ1v) is 11.9. The number of benzene rings is 2. The van der Waals surface area contributed by atoms with E-state index in [1.54, 1.807) is 10.6 Å². The zero-order valence-corrected chi connectivity index (χ0v) is 19.9. The number of para-hydroxylation sites is 1. The molecule has 7 nitrogen and oxygen atoms in total. The maximum absolute atomic E-state index is 13.2. The molecule has 0 saturated carbocycles. The number of amides is 1. The van der Waals surface area contributed by atoms with Gasteiger partial charge in [0.05, 0.1) is 22.3 Å². The summed E-state index contributed by atoms with van der Waals surface area (Å²) in [5, 5.41) is 8.52. The Morgan fingerprint density at radius 2 is 1.79 bits per heavy atom. The van der Waals surface area contributed by atoms with Crippen LogP contribution in [0.2, 0.25) is 0 Å². The molecular weight excluding hydrogens is 434 g/mol. The summed E-state index contributed by atoms with van der Waals surface area (Å²) in [4.78, 5) is 30.4. The molecule has 4 rings (SSSR count). The molecule has 0 unspecified atom stereocenters. The highest BCUT2D eigenvalue weighted by atomic mass is 32.2. The van der Waals surface area contributed by atoms with Crippen molar-refractivity contribution >= 4 is 34.3 Å². The molecule has 0 atom stereocenters. The van der Waals surface area contributed by atoms with E-state index >= 15 is 0 Å². The Morgan fingerprint density at radius 3 is 2.52 bits per heavy atom. The number of carbonyl (C=O) groups excluding carboxylic acids is 1. The molecule has 0 aliphatic carbocycles. The van der Waals surface area contributed by atoms with Crippen LogP contribution in [-0.4, -0.2) is 31.0 Å². The quantitative estimate of drug-likeness (QED) is 0.312. The van der Waals surface area contributed by atoms with Gasteiger partial charge < -0.3 is 5.32 Å². The summed E-state index contributed by atoms with van der Waals surface area (Å²) in [6.45, 7) is 7.20. The minimum atomic E-state index is -0.138. The fourth-order valence-electron chi connectivity index (χ4n) is 3.70. The highest BCUT2D eigenvalue weighted by molar-refractivity contribution is 7.99. The Hall–Kier alpha value is -3.39. The van der Waals surface area contributed by atoms with Gasteiger partial charge in [-0.2, -0.15) is 5.10 Å². The van der Waals surface area contributed by atoms with Crippen LogP contribution in [0, 0.1) is 20.8 Å².